The topological polar surface area (TPSA) is 37.8 Å². The summed E-state index contributed by atoms with van der Waals surface area (Å²) in [5, 5.41) is 3.08. The molecule has 0 amide bonds. The van der Waals surface area contributed by atoms with E-state index < -0.39 is 23.5 Å². The van der Waals surface area contributed by atoms with Gasteiger partial charge in [0, 0.05) is 23.5 Å². The third kappa shape index (κ3) is 2.96. The third-order valence-corrected chi connectivity index (χ3v) is 2.89. The summed E-state index contributed by atoms with van der Waals surface area (Å²) in [7, 11) is 0. The van der Waals surface area contributed by atoms with Crippen molar-refractivity contribution in [1.29, 1.82) is 0 Å². The Balaban J connectivity index is 2.44. The number of nitrogens with one attached hydrogen (secondary N) is 1. The van der Waals surface area contributed by atoms with Gasteiger partial charge in [0.25, 0.3) is 0 Å². The highest BCUT2D eigenvalue weighted by atomic mass is 19.2. The van der Waals surface area contributed by atoms with Crippen molar-refractivity contribution >= 4 is 0 Å². The number of rotatable bonds is 5. The maximum atomic E-state index is 13.9. The quantitative estimate of drug-likeness (QED) is 0.856. The predicted octanol–water partition coefficient (Wildman–Crippen LogP) is 2.98. The lowest BCUT2D eigenvalue weighted by Gasteiger charge is -2.19. The first kappa shape index (κ1) is 14.5. The number of hydrogen-bond acceptors (Lipinski definition) is 3. The van der Waals surface area contributed by atoms with Gasteiger partial charge in [0.1, 0.15) is 6.33 Å². The van der Waals surface area contributed by atoms with Gasteiger partial charge < -0.3 is 5.32 Å². The molecule has 0 spiro atoms. The molecule has 1 aromatic heterocycles. The van der Waals surface area contributed by atoms with E-state index in [4.69, 9.17) is 0 Å². The van der Waals surface area contributed by atoms with Crippen LogP contribution >= 0.6 is 0 Å². The number of halogens is 3. The van der Waals surface area contributed by atoms with Gasteiger partial charge in [-0.25, -0.2) is 23.1 Å². The summed E-state index contributed by atoms with van der Waals surface area (Å²) >= 11 is 0. The fourth-order valence-electron chi connectivity index (χ4n) is 1.92. The zero-order valence-electron chi connectivity index (χ0n) is 10.9. The van der Waals surface area contributed by atoms with Crippen molar-refractivity contribution in [2.45, 2.75) is 19.4 Å². The maximum Gasteiger partial charge on any atom is 0.194 e. The van der Waals surface area contributed by atoms with Gasteiger partial charge in [-0.05, 0) is 19.0 Å². The van der Waals surface area contributed by atoms with Crippen molar-refractivity contribution < 1.29 is 13.2 Å². The van der Waals surface area contributed by atoms with E-state index in [0.29, 0.717) is 12.1 Å². The first-order valence-electron chi connectivity index (χ1n) is 6.26. The van der Waals surface area contributed by atoms with Gasteiger partial charge in [-0.1, -0.05) is 13.0 Å². The van der Waals surface area contributed by atoms with E-state index in [1.807, 2.05) is 6.92 Å². The molecule has 2 rings (SSSR count). The van der Waals surface area contributed by atoms with Gasteiger partial charge in [0.05, 0.1) is 6.04 Å². The fourth-order valence-corrected chi connectivity index (χ4v) is 1.92. The van der Waals surface area contributed by atoms with Crippen LogP contribution in [-0.4, -0.2) is 16.5 Å². The van der Waals surface area contributed by atoms with Crippen molar-refractivity contribution in [2.75, 3.05) is 6.54 Å². The molecule has 0 fully saturated rings. The minimum absolute atomic E-state index is 0.0344. The normalized spacial score (nSPS) is 12.4. The summed E-state index contributed by atoms with van der Waals surface area (Å²) in [6.45, 7) is 2.55. The minimum Gasteiger partial charge on any atom is -0.306 e. The Bertz CT molecular complexity index is 575. The predicted molar refractivity (Wildman–Crippen MR) is 68.5 cm³/mol. The van der Waals surface area contributed by atoms with E-state index in [1.54, 1.807) is 0 Å². The second kappa shape index (κ2) is 6.47. The van der Waals surface area contributed by atoms with Crippen LogP contribution in [0.15, 0.2) is 30.9 Å². The molecule has 1 heterocycles. The Kier molecular flexibility index (Phi) is 4.68. The van der Waals surface area contributed by atoms with E-state index in [-0.39, 0.29) is 5.56 Å². The highest BCUT2D eigenvalue weighted by Crippen LogP contribution is 2.26. The SMILES string of the molecule is CCCNC(c1cncnc1)c1ccc(F)c(F)c1F. The Morgan fingerprint density at radius 1 is 1.10 bits per heavy atom. The van der Waals surface area contributed by atoms with Crippen molar-refractivity contribution in [3.63, 3.8) is 0 Å². The fraction of sp³-hybridized carbons (Fsp3) is 0.286. The molecule has 0 aliphatic rings. The van der Waals surface area contributed by atoms with Gasteiger partial charge in [0.15, 0.2) is 17.5 Å². The van der Waals surface area contributed by atoms with Crippen LogP contribution in [0, 0.1) is 17.5 Å². The van der Waals surface area contributed by atoms with Crippen LogP contribution in [0.3, 0.4) is 0 Å². The smallest absolute Gasteiger partial charge is 0.194 e. The molecule has 3 nitrogen and oxygen atoms in total. The number of nitrogens with zero attached hydrogens (tertiary/aromatic N) is 2. The molecule has 1 atom stereocenters. The van der Waals surface area contributed by atoms with Gasteiger partial charge in [0.2, 0.25) is 0 Å². The monoisotopic (exact) mass is 281 g/mol. The van der Waals surface area contributed by atoms with Crippen molar-refractivity contribution in [1.82, 2.24) is 15.3 Å². The Morgan fingerprint density at radius 3 is 2.45 bits per heavy atom. The van der Waals surface area contributed by atoms with Crippen LogP contribution in [0.1, 0.15) is 30.5 Å². The molecule has 1 unspecified atom stereocenters. The second-order valence-corrected chi connectivity index (χ2v) is 4.32. The molecule has 0 saturated carbocycles. The first-order chi connectivity index (χ1) is 9.65. The molecule has 0 aliphatic carbocycles. The molecule has 2 aromatic rings. The van der Waals surface area contributed by atoms with Crippen molar-refractivity contribution in [3.8, 4) is 0 Å². The average Bonchev–Trinajstić information content (AvgIpc) is 2.48. The Labute approximate surface area is 114 Å². The minimum atomic E-state index is -1.47. The molecule has 106 valence electrons. The zero-order valence-corrected chi connectivity index (χ0v) is 10.9. The lowest BCUT2D eigenvalue weighted by Crippen LogP contribution is -2.25. The van der Waals surface area contributed by atoms with Crippen LogP contribution in [0.4, 0.5) is 13.2 Å². The number of benzene rings is 1. The van der Waals surface area contributed by atoms with Crippen LogP contribution in [0.2, 0.25) is 0 Å². The van der Waals surface area contributed by atoms with Crippen molar-refractivity contribution in [3.05, 3.63) is 59.4 Å². The van der Waals surface area contributed by atoms with E-state index in [2.05, 4.69) is 15.3 Å². The molecule has 0 bridgehead atoms. The zero-order chi connectivity index (χ0) is 14.5. The summed E-state index contributed by atoms with van der Waals surface area (Å²) in [6, 6.07) is 1.53. The molecule has 0 aliphatic heterocycles. The van der Waals surface area contributed by atoms with E-state index in [0.717, 1.165) is 12.5 Å². The molecular formula is C14H14F3N3. The standard InChI is InChI=1S/C14H14F3N3/c1-2-5-20-14(9-6-18-8-19-7-9)10-3-4-11(15)13(17)12(10)16/h3-4,6-8,14,20H,2,5H2,1H3. The third-order valence-electron chi connectivity index (χ3n) is 2.89. The largest absolute Gasteiger partial charge is 0.306 e. The summed E-state index contributed by atoms with van der Waals surface area (Å²) in [5.74, 6) is -3.87. The van der Waals surface area contributed by atoms with E-state index >= 15 is 0 Å². The van der Waals surface area contributed by atoms with E-state index in [1.165, 1.54) is 24.8 Å². The van der Waals surface area contributed by atoms with E-state index in [9.17, 15) is 13.2 Å². The van der Waals surface area contributed by atoms with Gasteiger partial charge in [-0.15, -0.1) is 0 Å². The number of aromatic nitrogens is 2. The molecule has 20 heavy (non-hydrogen) atoms. The molecule has 1 N–H and O–H groups in total. The van der Waals surface area contributed by atoms with Crippen LogP contribution in [0.5, 0.6) is 0 Å². The van der Waals surface area contributed by atoms with Crippen LogP contribution in [-0.2, 0) is 0 Å². The first-order valence-corrected chi connectivity index (χ1v) is 6.26. The Hall–Kier alpha value is -1.95. The molecule has 6 heteroatoms. The number of hydrogen-bond donors (Lipinski definition) is 1. The average molecular weight is 281 g/mol. The lowest BCUT2D eigenvalue weighted by atomic mass is 10.00. The summed E-state index contributed by atoms with van der Waals surface area (Å²) in [6.07, 6.45) is 5.19. The van der Waals surface area contributed by atoms with Gasteiger partial charge >= 0.3 is 0 Å². The summed E-state index contributed by atoms with van der Waals surface area (Å²) in [5.41, 5.74) is 0.623. The summed E-state index contributed by atoms with van der Waals surface area (Å²) < 4.78 is 40.3. The van der Waals surface area contributed by atoms with Crippen molar-refractivity contribution in [2.24, 2.45) is 0 Å². The summed E-state index contributed by atoms with van der Waals surface area (Å²) in [4.78, 5) is 7.73. The second-order valence-electron chi connectivity index (χ2n) is 4.32. The molecular weight excluding hydrogens is 267 g/mol. The highest BCUT2D eigenvalue weighted by Gasteiger charge is 2.22. The molecule has 1 aromatic carbocycles. The molecule has 0 saturated heterocycles. The van der Waals surface area contributed by atoms with Gasteiger partial charge in [-0.3, -0.25) is 0 Å². The van der Waals surface area contributed by atoms with Crippen LogP contribution < -0.4 is 5.32 Å². The lowest BCUT2D eigenvalue weighted by molar-refractivity contribution is 0.432. The Morgan fingerprint density at radius 2 is 1.80 bits per heavy atom. The van der Waals surface area contributed by atoms with Crippen LogP contribution in [0.25, 0.3) is 0 Å². The maximum absolute atomic E-state index is 13.9. The molecule has 0 radical (unpaired) electrons. The highest BCUT2D eigenvalue weighted by molar-refractivity contribution is 5.31. The van der Waals surface area contributed by atoms with Gasteiger partial charge in [-0.2, -0.15) is 0 Å².